The zero-order valence-electron chi connectivity index (χ0n) is 34.0. The summed E-state index contributed by atoms with van der Waals surface area (Å²) >= 11 is 0. The summed E-state index contributed by atoms with van der Waals surface area (Å²) in [7, 11) is 0. The molecule has 278 valence electrons. The predicted molar refractivity (Wildman–Crippen MR) is 234 cm³/mol. The lowest BCUT2D eigenvalue weighted by Gasteiger charge is -2.22. The van der Waals surface area contributed by atoms with Crippen molar-refractivity contribution in [2.24, 2.45) is 35.5 Å². The van der Waals surface area contributed by atoms with Gasteiger partial charge in [0.05, 0.1) is 11.0 Å². The lowest BCUT2D eigenvalue weighted by Crippen LogP contribution is -2.13. The number of hydrogen-bond acceptors (Lipinski definition) is 0. The summed E-state index contributed by atoms with van der Waals surface area (Å²) in [5.74, 6) is 3.72. The van der Waals surface area contributed by atoms with E-state index >= 15 is 0 Å². The number of nitrogens with zero attached hydrogens (tertiary/aromatic N) is 2. The van der Waals surface area contributed by atoms with Gasteiger partial charge in [0.15, 0.2) is 0 Å². The molecule has 54 heavy (non-hydrogen) atoms. The van der Waals surface area contributed by atoms with E-state index in [1.54, 1.807) is 0 Å². The third-order valence-electron chi connectivity index (χ3n) is 11.7. The van der Waals surface area contributed by atoms with Crippen molar-refractivity contribution in [1.82, 2.24) is 9.13 Å². The van der Waals surface area contributed by atoms with Crippen molar-refractivity contribution in [3.8, 4) is 22.5 Å². The molecule has 2 aliphatic rings. The Balaban J connectivity index is 1.25. The van der Waals surface area contributed by atoms with Crippen LogP contribution in [0.1, 0.15) is 102 Å². The van der Waals surface area contributed by atoms with E-state index in [0.717, 1.165) is 25.7 Å². The van der Waals surface area contributed by atoms with Crippen molar-refractivity contribution in [2.75, 3.05) is 0 Å². The molecule has 4 aromatic carbocycles. The minimum atomic E-state index is 0.564. The normalized spacial score (nSPS) is 16.8. The first kappa shape index (κ1) is 36.4. The van der Waals surface area contributed by atoms with Gasteiger partial charge in [-0.15, -0.1) is 0 Å². The monoisotopic (exact) mass is 712 g/mol. The molecule has 2 heteroatoms. The Bertz CT molecular complexity index is 2200. The second-order valence-electron chi connectivity index (χ2n) is 18.3. The van der Waals surface area contributed by atoms with Gasteiger partial charge in [-0.05, 0) is 133 Å². The van der Waals surface area contributed by atoms with Gasteiger partial charge in [-0.3, -0.25) is 0 Å². The SMILES string of the molecule is CC(C)Cc1ccc2c3c(n(-c4cccc(-c5cccc(-n6c7c(c8ccc(CC(C)C)cc86)C=CC(CC(C)C)C7)c5)c4)c2c1)CC(CC(C)C)C=C3. The Labute approximate surface area is 324 Å². The van der Waals surface area contributed by atoms with Gasteiger partial charge < -0.3 is 9.13 Å². The maximum atomic E-state index is 2.60. The van der Waals surface area contributed by atoms with Crippen LogP contribution in [-0.4, -0.2) is 9.13 Å². The molecule has 2 aliphatic carbocycles. The van der Waals surface area contributed by atoms with Gasteiger partial charge in [0.2, 0.25) is 0 Å². The van der Waals surface area contributed by atoms with E-state index in [0.29, 0.717) is 35.5 Å². The summed E-state index contributed by atoms with van der Waals surface area (Å²) in [4.78, 5) is 0. The van der Waals surface area contributed by atoms with E-state index in [4.69, 9.17) is 0 Å². The Morgan fingerprint density at radius 3 is 1.31 bits per heavy atom. The molecule has 0 radical (unpaired) electrons. The van der Waals surface area contributed by atoms with E-state index in [-0.39, 0.29) is 0 Å². The minimum Gasteiger partial charge on any atom is -0.313 e. The van der Waals surface area contributed by atoms with Gasteiger partial charge in [0, 0.05) is 44.7 Å². The average Bonchev–Trinajstić information content (AvgIpc) is 3.61. The first-order valence-corrected chi connectivity index (χ1v) is 20.9. The van der Waals surface area contributed by atoms with Crippen LogP contribution >= 0.6 is 0 Å². The van der Waals surface area contributed by atoms with E-state index < -0.39 is 0 Å². The van der Waals surface area contributed by atoms with Crippen molar-refractivity contribution in [1.29, 1.82) is 0 Å². The topological polar surface area (TPSA) is 9.86 Å². The highest BCUT2D eigenvalue weighted by Crippen LogP contribution is 2.40. The molecule has 8 rings (SSSR count). The number of rotatable bonds is 11. The Morgan fingerprint density at radius 2 is 0.926 bits per heavy atom. The van der Waals surface area contributed by atoms with Crippen molar-refractivity contribution < 1.29 is 0 Å². The second kappa shape index (κ2) is 14.9. The molecule has 0 saturated carbocycles. The van der Waals surface area contributed by atoms with Crippen LogP contribution in [0.5, 0.6) is 0 Å². The van der Waals surface area contributed by atoms with E-state index in [1.165, 1.54) is 90.8 Å². The summed E-state index contributed by atoms with van der Waals surface area (Å²) in [6.45, 7) is 18.7. The van der Waals surface area contributed by atoms with Gasteiger partial charge in [0.25, 0.3) is 0 Å². The van der Waals surface area contributed by atoms with Gasteiger partial charge in [-0.1, -0.05) is 128 Å². The summed E-state index contributed by atoms with van der Waals surface area (Å²) in [5, 5.41) is 2.74. The van der Waals surface area contributed by atoms with Crippen LogP contribution in [0.4, 0.5) is 0 Å². The molecular formula is C52H60N2. The Morgan fingerprint density at radius 1 is 0.500 bits per heavy atom. The van der Waals surface area contributed by atoms with E-state index in [1.807, 2.05) is 0 Å². The molecule has 2 unspecified atom stereocenters. The fraction of sp³-hybridized carbons (Fsp3) is 0.385. The highest BCUT2D eigenvalue weighted by molar-refractivity contribution is 5.95. The van der Waals surface area contributed by atoms with Crippen LogP contribution in [0.2, 0.25) is 0 Å². The van der Waals surface area contributed by atoms with Crippen LogP contribution in [-0.2, 0) is 25.7 Å². The van der Waals surface area contributed by atoms with E-state index in [9.17, 15) is 0 Å². The Kier molecular flexibility index (Phi) is 10.1. The number of benzene rings is 4. The molecule has 0 spiro atoms. The van der Waals surface area contributed by atoms with Crippen LogP contribution in [0, 0.1) is 35.5 Å². The second-order valence-corrected chi connectivity index (χ2v) is 18.3. The quantitative estimate of drug-likeness (QED) is 0.127. The highest BCUT2D eigenvalue weighted by Gasteiger charge is 2.26. The van der Waals surface area contributed by atoms with Crippen LogP contribution < -0.4 is 0 Å². The van der Waals surface area contributed by atoms with Crippen LogP contribution in [0.15, 0.2) is 97.1 Å². The zero-order chi connectivity index (χ0) is 37.7. The molecule has 0 bridgehead atoms. The van der Waals surface area contributed by atoms with Gasteiger partial charge in [-0.25, -0.2) is 0 Å². The molecule has 0 fully saturated rings. The molecule has 2 aromatic heterocycles. The first-order chi connectivity index (χ1) is 26.0. The molecule has 2 heterocycles. The summed E-state index contributed by atoms with van der Waals surface area (Å²) in [6, 6.07) is 33.1. The number of aromatic nitrogens is 2. The highest BCUT2D eigenvalue weighted by atomic mass is 15.0. The Hall–Kier alpha value is -4.56. The lowest BCUT2D eigenvalue weighted by atomic mass is 9.87. The number of allylic oxidation sites excluding steroid dienone is 2. The summed E-state index contributed by atoms with van der Waals surface area (Å²) in [5.41, 5.74) is 16.3. The number of fused-ring (bicyclic) bond motifs is 6. The van der Waals surface area contributed by atoms with Crippen LogP contribution in [0.3, 0.4) is 0 Å². The lowest BCUT2D eigenvalue weighted by molar-refractivity contribution is 0.467. The third kappa shape index (κ3) is 7.17. The fourth-order valence-electron chi connectivity index (χ4n) is 9.66. The first-order valence-electron chi connectivity index (χ1n) is 20.9. The molecule has 0 amide bonds. The fourth-order valence-corrected chi connectivity index (χ4v) is 9.66. The molecule has 2 nitrogen and oxygen atoms in total. The van der Waals surface area contributed by atoms with Crippen molar-refractivity contribution in [3.05, 3.63) is 131 Å². The minimum absolute atomic E-state index is 0.564. The average molecular weight is 713 g/mol. The molecule has 0 saturated heterocycles. The smallest absolute Gasteiger partial charge is 0.0540 e. The molecule has 0 N–H and O–H groups in total. The summed E-state index contributed by atoms with van der Waals surface area (Å²) in [6.07, 6.45) is 16.6. The standard InChI is InChI=1S/C52H60N2/c1-33(2)23-37-15-19-45-46-20-16-38(24-34(3)4)28-50(46)53(49(45)27-37)43-13-9-11-41(31-43)42-12-10-14-44(32-42)54-51-29-39(25-35(5)6)17-21-47(51)48-22-18-40(26-36(7)8)30-52(48)54/h9-22,27,29,31-36,38,40H,23-26,28,30H2,1-8H3. The van der Waals surface area contributed by atoms with Crippen molar-refractivity contribution in [2.45, 2.75) is 93.9 Å². The van der Waals surface area contributed by atoms with Crippen molar-refractivity contribution in [3.63, 3.8) is 0 Å². The van der Waals surface area contributed by atoms with E-state index in [2.05, 4.69) is 174 Å². The van der Waals surface area contributed by atoms with Gasteiger partial charge in [-0.2, -0.15) is 0 Å². The maximum absolute atomic E-state index is 2.60. The van der Waals surface area contributed by atoms with Gasteiger partial charge >= 0.3 is 0 Å². The predicted octanol–water partition coefficient (Wildman–Crippen LogP) is 14.1. The third-order valence-corrected chi connectivity index (χ3v) is 11.7. The molecule has 6 aromatic rings. The van der Waals surface area contributed by atoms with Gasteiger partial charge in [0.1, 0.15) is 0 Å². The van der Waals surface area contributed by atoms with Crippen molar-refractivity contribution >= 4 is 34.0 Å². The maximum Gasteiger partial charge on any atom is 0.0540 e. The zero-order valence-corrected chi connectivity index (χ0v) is 34.0. The summed E-state index contributed by atoms with van der Waals surface area (Å²) < 4.78 is 5.21. The molecule has 2 atom stereocenters. The molecule has 0 aliphatic heterocycles. The largest absolute Gasteiger partial charge is 0.313 e. The number of hydrogen-bond donors (Lipinski definition) is 0. The van der Waals surface area contributed by atoms with Crippen LogP contribution in [0.25, 0.3) is 56.5 Å². The molecular weight excluding hydrogens is 653 g/mol.